The molecule has 0 saturated carbocycles. The summed E-state index contributed by atoms with van der Waals surface area (Å²) >= 11 is 4.86. The number of benzene rings is 1. The summed E-state index contributed by atoms with van der Waals surface area (Å²) in [7, 11) is 0. The van der Waals surface area contributed by atoms with Crippen LogP contribution in [0.5, 0.6) is 10.9 Å². The van der Waals surface area contributed by atoms with Gasteiger partial charge in [0.05, 0.1) is 10.2 Å². The zero-order valence-electron chi connectivity index (χ0n) is 8.63. The van der Waals surface area contributed by atoms with Gasteiger partial charge in [-0.05, 0) is 40.2 Å². The molecule has 0 saturated heterocycles. The van der Waals surface area contributed by atoms with Gasteiger partial charge in [-0.25, -0.2) is 9.97 Å². The van der Waals surface area contributed by atoms with Crippen LogP contribution >= 0.6 is 27.3 Å². The van der Waals surface area contributed by atoms with Gasteiger partial charge in [0, 0.05) is 6.20 Å². The van der Waals surface area contributed by atoms with Crippen LogP contribution in [0.2, 0.25) is 0 Å². The topological polar surface area (TPSA) is 35.0 Å². The molecule has 0 amide bonds. The zero-order chi connectivity index (χ0) is 11.7. The van der Waals surface area contributed by atoms with Gasteiger partial charge in [0.25, 0.3) is 5.19 Å². The first-order chi connectivity index (χ1) is 8.33. The lowest BCUT2D eigenvalue weighted by Crippen LogP contribution is -1.85. The molecule has 0 spiro atoms. The second-order valence-electron chi connectivity index (χ2n) is 3.34. The molecular formula is C12H7BrN2OS. The molecule has 84 valence electrons. The van der Waals surface area contributed by atoms with Gasteiger partial charge in [0.1, 0.15) is 4.60 Å². The van der Waals surface area contributed by atoms with Crippen LogP contribution in [0.4, 0.5) is 0 Å². The van der Waals surface area contributed by atoms with Crippen molar-refractivity contribution in [2.24, 2.45) is 0 Å². The smallest absolute Gasteiger partial charge is 0.279 e. The van der Waals surface area contributed by atoms with Crippen LogP contribution in [0.3, 0.4) is 0 Å². The van der Waals surface area contributed by atoms with E-state index in [0.29, 0.717) is 15.5 Å². The summed E-state index contributed by atoms with van der Waals surface area (Å²) in [6.45, 7) is 0. The minimum absolute atomic E-state index is 0.625. The zero-order valence-corrected chi connectivity index (χ0v) is 11.0. The van der Waals surface area contributed by atoms with Crippen LogP contribution in [0.1, 0.15) is 0 Å². The normalized spacial score (nSPS) is 10.6. The molecule has 17 heavy (non-hydrogen) atoms. The molecule has 0 unspecified atom stereocenters. The van der Waals surface area contributed by atoms with E-state index in [2.05, 4.69) is 25.9 Å². The molecule has 0 atom stereocenters. The second kappa shape index (κ2) is 4.43. The Morgan fingerprint density at radius 3 is 2.82 bits per heavy atom. The number of rotatable bonds is 2. The average molecular weight is 307 g/mol. The molecule has 0 bridgehead atoms. The summed E-state index contributed by atoms with van der Waals surface area (Å²) in [6.07, 6.45) is 1.70. The fourth-order valence-corrected chi connectivity index (χ4v) is 2.60. The number of thiazole rings is 1. The number of hydrogen-bond acceptors (Lipinski definition) is 4. The van der Waals surface area contributed by atoms with E-state index in [0.717, 1.165) is 10.2 Å². The van der Waals surface area contributed by atoms with Crippen molar-refractivity contribution in [1.82, 2.24) is 9.97 Å². The fourth-order valence-electron chi connectivity index (χ4n) is 1.44. The van der Waals surface area contributed by atoms with E-state index in [9.17, 15) is 0 Å². The van der Waals surface area contributed by atoms with Gasteiger partial charge < -0.3 is 4.74 Å². The third-order valence-corrected chi connectivity index (χ3v) is 3.71. The number of halogens is 1. The average Bonchev–Trinajstić information content (AvgIpc) is 2.74. The number of hydrogen-bond donors (Lipinski definition) is 0. The van der Waals surface area contributed by atoms with Gasteiger partial charge in [-0.2, -0.15) is 0 Å². The molecular weight excluding hydrogens is 300 g/mol. The Morgan fingerprint density at radius 2 is 2.00 bits per heavy atom. The molecule has 3 aromatic rings. The molecule has 2 aromatic heterocycles. The Labute approximate surface area is 110 Å². The van der Waals surface area contributed by atoms with Crippen molar-refractivity contribution >= 4 is 37.5 Å². The van der Waals surface area contributed by atoms with Gasteiger partial charge in [-0.3, -0.25) is 0 Å². The number of nitrogens with zero attached hydrogens (tertiary/aromatic N) is 2. The summed E-state index contributed by atoms with van der Waals surface area (Å²) in [5.74, 6) is 0.673. The number of para-hydroxylation sites is 1. The van der Waals surface area contributed by atoms with Crippen molar-refractivity contribution in [3.05, 3.63) is 47.2 Å². The highest BCUT2D eigenvalue weighted by atomic mass is 79.9. The summed E-state index contributed by atoms with van der Waals surface area (Å²) in [6, 6.07) is 11.6. The second-order valence-corrected chi connectivity index (χ2v) is 5.09. The minimum atomic E-state index is 0.625. The van der Waals surface area contributed by atoms with Gasteiger partial charge in [-0.15, -0.1) is 0 Å². The number of aromatic nitrogens is 2. The summed E-state index contributed by atoms with van der Waals surface area (Å²) < 4.78 is 7.49. The Morgan fingerprint density at radius 1 is 1.12 bits per heavy atom. The lowest BCUT2D eigenvalue weighted by atomic mass is 10.3. The van der Waals surface area contributed by atoms with Crippen LogP contribution in [-0.4, -0.2) is 9.97 Å². The highest BCUT2D eigenvalue weighted by Crippen LogP contribution is 2.33. The number of pyridine rings is 1. The Kier molecular flexibility index (Phi) is 2.78. The first kappa shape index (κ1) is 10.7. The predicted molar refractivity (Wildman–Crippen MR) is 71.6 cm³/mol. The monoisotopic (exact) mass is 306 g/mol. The summed E-state index contributed by atoms with van der Waals surface area (Å²) in [5, 5.41) is 0.625. The van der Waals surface area contributed by atoms with E-state index >= 15 is 0 Å². The highest BCUT2D eigenvalue weighted by molar-refractivity contribution is 9.10. The van der Waals surface area contributed by atoms with E-state index < -0.39 is 0 Å². The van der Waals surface area contributed by atoms with Crippen molar-refractivity contribution in [3.63, 3.8) is 0 Å². The lowest BCUT2D eigenvalue weighted by Gasteiger charge is -2.01. The molecule has 1 aromatic carbocycles. The van der Waals surface area contributed by atoms with Crippen LogP contribution in [0.15, 0.2) is 47.2 Å². The van der Waals surface area contributed by atoms with Crippen molar-refractivity contribution in [1.29, 1.82) is 0 Å². The number of fused-ring (bicyclic) bond motifs is 1. The summed E-state index contributed by atoms with van der Waals surface area (Å²) in [5.41, 5.74) is 0.951. The van der Waals surface area contributed by atoms with Crippen molar-refractivity contribution in [2.75, 3.05) is 0 Å². The van der Waals surface area contributed by atoms with Gasteiger partial charge in [0.2, 0.25) is 0 Å². The van der Waals surface area contributed by atoms with Crippen molar-refractivity contribution in [2.45, 2.75) is 0 Å². The minimum Gasteiger partial charge on any atom is -0.428 e. The van der Waals surface area contributed by atoms with Gasteiger partial charge in [0.15, 0.2) is 5.75 Å². The molecule has 0 N–H and O–H groups in total. The molecule has 0 aliphatic carbocycles. The maximum Gasteiger partial charge on any atom is 0.279 e. The quantitative estimate of drug-likeness (QED) is 0.664. The SMILES string of the molecule is Brc1ncccc1Oc1nc2ccccc2s1. The molecule has 3 nitrogen and oxygen atoms in total. The van der Waals surface area contributed by atoms with Crippen LogP contribution < -0.4 is 4.74 Å². The molecule has 0 radical (unpaired) electrons. The van der Waals surface area contributed by atoms with E-state index in [1.54, 1.807) is 6.20 Å². The molecule has 2 heterocycles. The van der Waals surface area contributed by atoms with E-state index in [1.807, 2.05) is 36.4 Å². The maximum atomic E-state index is 5.69. The largest absolute Gasteiger partial charge is 0.428 e. The molecule has 0 fully saturated rings. The van der Waals surface area contributed by atoms with Crippen LogP contribution in [0, 0.1) is 0 Å². The Hall–Kier alpha value is -1.46. The third-order valence-electron chi connectivity index (χ3n) is 2.20. The van der Waals surface area contributed by atoms with Crippen molar-refractivity contribution in [3.8, 4) is 10.9 Å². The van der Waals surface area contributed by atoms with Crippen molar-refractivity contribution < 1.29 is 4.74 Å². The van der Waals surface area contributed by atoms with Gasteiger partial charge in [-0.1, -0.05) is 23.5 Å². The van der Waals surface area contributed by atoms with E-state index in [1.165, 1.54) is 11.3 Å². The maximum absolute atomic E-state index is 5.69. The van der Waals surface area contributed by atoms with E-state index in [-0.39, 0.29) is 0 Å². The Bertz CT molecular complexity index is 635. The standard InChI is InChI=1S/C12H7BrN2OS/c13-11-9(5-3-7-14-11)16-12-15-8-4-1-2-6-10(8)17-12/h1-7H. The van der Waals surface area contributed by atoms with Crippen LogP contribution in [-0.2, 0) is 0 Å². The Balaban J connectivity index is 1.98. The first-order valence-electron chi connectivity index (χ1n) is 4.97. The molecule has 5 heteroatoms. The molecule has 0 aliphatic rings. The third kappa shape index (κ3) is 2.16. The first-order valence-corrected chi connectivity index (χ1v) is 6.58. The fraction of sp³-hybridized carbons (Fsp3) is 0. The number of ether oxygens (including phenoxy) is 1. The predicted octanol–water partition coefficient (Wildman–Crippen LogP) is 4.25. The van der Waals surface area contributed by atoms with E-state index in [4.69, 9.17) is 4.74 Å². The van der Waals surface area contributed by atoms with Crippen LogP contribution in [0.25, 0.3) is 10.2 Å². The molecule has 0 aliphatic heterocycles. The highest BCUT2D eigenvalue weighted by Gasteiger charge is 2.07. The van der Waals surface area contributed by atoms with Gasteiger partial charge >= 0.3 is 0 Å². The lowest BCUT2D eigenvalue weighted by molar-refractivity contribution is 0.474. The molecule has 3 rings (SSSR count). The summed E-state index contributed by atoms with van der Waals surface area (Å²) in [4.78, 5) is 8.49.